The maximum absolute atomic E-state index is 12.8. The van der Waals surface area contributed by atoms with Crippen LogP contribution in [0.4, 0.5) is 10.2 Å². The van der Waals surface area contributed by atoms with Crippen LogP contribution < -0.4 is 5.32 Å². The van der Waals surface area contributed by atoms with Gasteiger partial charge < -0.3 is 5.32 Å². The van der Waals surface area contributed by atoms with Gasteiger partial charge in [0.05, 0.1) is 0 Å². The van der Waals surface area contributed by atoms with E-state index in [-0.39, 0.29) is 11.9 Å². The van der Waals surface area contributed by atoms with E-state index in [9.17, 15) is 4.39 Å². The Morgan fingerprint density at radius 2 is 1.95 bits per heavy atom. The summed E-state index contributed by atoms with van der Waals surface area (Å²) < 4.78 is 12.8. The Labute approximate surface area is 116 Å². The van der Waals surface area contributed by atoms with E-state index in [0.29, 0.717) is 16.8 Å². The fraction of sp³-hybridized carbons (Fsp3) is 0.286. The molecule has 1 atom stereocenters. The maximum atomic E-state index is 12.8. The summed E-state index contributed by atoms with van der Waals surface area (Å²) in [7, 11) is 0. The Bertz CT molecular complexity index is 537. The summed E-state index contributed by atoms with van der Waals surface area (Å²) in [6.45, 7) is 3.83. The predicted molar refractivity (Wildman–Crippen MR) is 75.0 cm³/mol. The molecule has 0 aliphatic rings. The van der Waals surface area contributed by atoms with Crippen LogP contribution in [0.25, 0.3) is 0 Å². The minimum Gasteiger partial charge on any atom is -0.367 e. The van der Waals surface area contributed by atoms with Crippen LogP contribution in [0.3, 0.4) is 0 Å². The molecule has 1 aromatic heterocycles. The molecule has 0 amide bonds. The summed E-state index contributed by atoms with van der Waals surface area (Å²) >= 11 is 5.88. The molecule has 1 aromatic carbocycles. The smallest absolute Gasteiger partial charge is 0.134 e. The molecule has 1 N–H and O–H groups in total. The van der Waals surface area contributed by atoms with Crippen molar-refractivity contribution < 1.29 is 4.39 Å². The number of anilines is 1. The molecule has 0 aliphatic heterocycles. The lowest BCUT2D eigenvalue weighted by molar-refractivity contribution is 0.626. The van der Waals surface area contributed by atoms with Crippen LogP contribution in [-0.2, 0) is 6.42 Å². The average molecular weight is 280 g/mol. The number of hydrogen-bond acceptors (Lipinski definition) is 3. The lowest BCUT2D eigenvalue weighted by atomic mass is 10.1. The summed E-state index contributed by atoms with van der Waals surface area (Å²) in [4.78, 5) is 8.27. The summed E-state index contributed by atoms with van der Waals surface area (Å²) in [5.41, 5.74) is 1.07. The Morgan fingerprint density at radius 3 is 2.58 bits per heavy atom. The van der Waals surface area contributed by atoms with E-state index in [1.165, 1.54) is 12.1 Å². The summed E-state index contributed by atoms with van der Waals surface area (Å²) in [6.07, 6.45) is 0.779. The molecule has 1 heterocycles. The van der Waals surface area contributed by atoms with Gasteiger partial charge in [0.1, 0.15) is 22.6 Å². The minimum atomic E-state index is -0.220. The minimum absolute atomic E-state index is 0.163. The topological polar surface area (TPSA) is 37.8 Å². The molecule has 0 bridgehead atoms. The second kappa shape index (κ2) is 5.97. The lowest BCUT2D eigenvalue weighted by Gasteiger charge is -2.15. The zero-order valence-electron chi connectivity index (χ0n) is 10.8. The van der Waals surface area contributed by atoms with Gasteiger partial charge in [-0.15, -0.1) is 0 Å². The molecule has 100 valence electrons. The second-order valence-electron chi connectivity index (χ2n) is 4.50. The monoisotopic (exact) mass is 279 g/mol. The van der Waals surface area contributed by atoms with E-state index in [4.69, 9.17) is 11.6 Å². The summed E-state index contributed by atoms with van der Waals surface area (Å²) in [5.74, 6) is 1.11. The summed E-state index contributed by atoms with van der Waals surface area (Å²) in [6, 6.07) is 8.35. The van der Waals surface area contributed by atoms with E-state index in [0.717, 1.165) is 12.0 Å². The van der Waals surface area contributed by atoms with Gasteiger partial charge in [-0.25, -0.2) is 14.4 Å². The molecule has 0 spiro atoms. The van der Waals surface area contributed by atoms with Crippen molar-refractivity contribution >= 4 is 17.4 Å². The molecule has 0 saturated carbocycles. The van der Waals surface area contributed by atoms with Gasteiger partial charge in [-0.05, 0) is 38.0 Å². The van der Waals surface area contributed by atoms with Crippen LogP contribution in [0.15, 0.2) is 30.3 Å². The van der Waals surface area contributed by atoms with Gasteiger partial charge in [-0.2, -0.15) is 0 Å². The SMILES string of the molecule is Cc1nc(Cl)cc(NC(C)Cc2ccc(F)cc2)n1. The number of aryl methyl sites for hydroxylation is 1. The molecule has 1 unspecified atom stereocenters. The first-order chi connectivity index (χ1) is 9.02. The number of hydrogen-bond donors (Lipinski definition) is 1. The third kappa shape index (κ3) is 4.17. The zero-order chi connectivity index (χ0) is 13.8. The molecule has 2 aromatic rings. The van der Waals surface area contributed by atoms with Gasteiger partial charge in [0.25, 0.3) is 0 Å². The van der Waals surface area contributed by atoms with Gasteiger partial charge in [-0.1, -0.05) is 23.7 Å². The van der Waals surface area contributed by atoms with Crippen LogP contribution in [0.1, 0.15) is 18.3 Å². The van der Waals surface area contributed by atoms with Gasteiger partial charge in [0.2, 0.25) is 0 Å². The highest BCUT2D eigenvalue weighted by atomic mass is 35.5. The number of rotatable bonds is 4. The molecule has 5 heteroatoms. The van der Waals surface area contributed by atoms with Crippen molar-refractivity contribution in [2.24, 2.45) is 0 Å². The molecule has 0 radical (unpaired) electrons. The quantitative estimate of drug-likeness (QED) is 0.869. The van der Waals surface area contributed by atoms with Crippen molar-refractivity contribution in [1.82, 2.24) is 9.97 Å². The number of benzene rings is 1. The third-order valence-electron chi connectivity index (χ3n) is 2.66. The van der Waals surface area contributed by atoms with Crippen molar-refractivity contribution in [2.75, 3.05) is 5.32 Å². The summed E-state index contributed by atoms with van der Waals surface area (Å²) in [5, 5.41) is 3.68. The Morgan fingerprint density at radius 1 is 1.26 bits per heavy atom. The van der Waals surface area contributed by atoms with Gasteiger partial charge in [0.15, 0.2) is 0 Å². The van der Waals surface area contributed by atoms with Crippen LogP contribution in [0, 0.1) is 12.7 Å². The van der Waals surface area contributed by atoms with E-state index >= 15 is 0 Å². The van der Waals surface area contributed by atoms with Gasteiger partial charge >= 0.3 is 0 Å². The molecule has 19 heavy (non-hydrogen) atoms. The normalized spacial score (nSPS) is 12.2. The third-order valence-corrected chi connectivity index (χ3v) is 2.85. The second-order valence-corrected chi connectivity index (χ2v) is 4.89. The van der Waals surface area contributed by atoms with Gasteiger partial charge in [0, 0.05) is 12.1 Å². The molecular weight excluding hydrogens is 265 g/mol. The first-order valence-corrected chi connectivity index (χ1v) is 6.43. The zero-order valence-corrected chi connectivity index (χ0v) is 11.6. The van der Waals surface area contributed by atoms with E-state index in [2.05, 4.69) is 15.3 Å². The molecule has 3 nitrogen and oxygen atoms in total. The van der Waals surface area contributed by atoms with Crippen molar-refractivity contribution in [3.8, 4) is 0 Å². The van der Waals surface area contributed by atoms with Gasteiger partial charge in [-0.3, -0.25) is 0 Å². The number of nitrogens with zero attached hydrogens (tertiary/aromatic N) is 2. The molecule has 0 fully saturated rings. The fourth-order valence-electron chi connectivity index (χ4n) is 1.88. The first kappa shape index (κ1) is 13.7. The van der Waals surface area contributed by atoms with E-state index in [1.807, 2.05) is 6.92 Å². The standard InChI is InChI=1S/C14H15ClFN3/c1-9(7-11-3-5-12(16)6-4-11)17-14-8-13(15)18-10(2)19-14/h3-6,8-9H,7H2,1-2H3,(H,17,18,19). The fourth-order valence-corrected chi connectivity index (χ4v) is 2.11. The van der Waals surface area contributed by atoms with Crippen molar-refractivity contribution in [3.05, 3.63) is 52.7 Å². The van der Waals surface area contributed by atoms with Crippen molar-refractivity contribution in [2.45, 2.75) is 26.3 Å². The number of halogens is 2. The highest BCUT2D eigenvalue weighted by Gasteiger charge is 2.06. The highest BCUT2D eigenvalue weighted by Crippen LogP contribution is 2.14. The number of nitrogens with one attached hydrogen (secondary N) is 1. The van der Waals surface area contributed by atoms with Crippen LogP contribution >= 0.6 is 11.6 Å². The van der Waals surface area contributed by atoms with Crippen LogP contribution in [0.5, 0.6) is 0 Å². The largest absolute Gasteiger partial charge is 0.367 e. The lowest BCUT2D eigenvalue weighted by Crippen LogP contribution is -2.19. The van der Waals surface area contributed by atoms with Crippen LogP contribution in [0.2, 0.25) is 5.15 Å². The first-order valence-electron chi connectivity index (χ1n) is 6.05. The van der Waals surface area contributed by atoms with Crippen molar-refractivity contribution in [3.63, 3.8) is 0 Å². The predicted octanol–water partition coefficient (Wildman–Crippen LogP) is 3.62. The number of aromatic nitrogens is 2. The molecular formula is C14H15ClFN3. The van der Waals surface area contributed by atoms with Crippen molar-refractivity contribution in [1.29, 1.82) is 0 Å². The van der Waals surface area contributed by atoms with E-state index in [1.54, 1.807) is 25.1 Å². The Hall–Kier alpha value is -1.68. The molecule has 2 rings (SSSR count). The molecule has 0 saturated heterocycles. The van der Waals surface area contributed by atoms with Crippen LogP contribution in [-0.4, -0.2) is 16.0 Å². The van der Waals surface area contributed by atoms with E-state index < -0.39 is 0 Å². The Kier molecular flexibility index (Phi) is 4.32. The highest BCUT2D eigenvalue weighted by molar-refractivity contribution is 6.29. The Balaban J connectivity index is 2.00. The maximum Gasteiger partial charge on any atom is 0.134 e. The molecule has 0 aliphatic carbocycles. The average Bonchev–Trinajstić information content (AvgIpc) is 2.30.